The van der Waals surface area contributed by atoms with Crippen molar-refractivity contribution in [3.63, 3.8) is 0 Å². The van der Waals surface area contributed by atoms with Gasteiger partial charge in [0.2, 0.25) is 23.6 Å². The number of aliphatic imine (C=N–C) groups is 4. The molecule has 2 rings (SSSR count). The lowest BCUT2D eigenvalue weighted by Crippen LogP contribution is -2.46. The van der Waals surface area contributed by atoms with E-state index in [1.165, 1.54) is 0 Å². The molecule has 2 aliphatic heterocycles. The highest BCUT2D eigenvalue weighted by Crippen LogP contribution is 2.32. The van der Waals surface area contributed by atoms with Gasteiger partial charge in [0, 0.05) is 25.7 Å². The Hall–Kier alpha value is -3.44. The van der Waals surface area contributed by atoms with Gasteiger partial charge in [0.05, 0.1) is 28.4 Å². The van der Waals surface area contributed by atoms with Gasteiger partial charge in [-0.05, 0) is 11.8 Å². The molecule has 8 heteroatoms. The molecule has 0 bridgehead atoms. The van der Waals surface area contributed by atoms with Crippen molar-refractivity contribution >= 4 is 23.6 Å². The van der Waals surface area contributed by atoms with Crippen LogP contribution in [0.15, 0.2) is 20.0 Å². The Morgan fingerprint density at radius 2 is 1.03 bits per heavy atom. The van der Waals surface area contributed by atoms with E-state index >= 15 is 0 Å². The van der Waals surface area contributed by atoms with Gasteiger partial charge in [-0.2, -0.15) is 0 Å². The van der Waals surface area contributed by atoms with E-state index < -0.39 is 11.1 Å². The van der Waals surface area contributed by atoms with Crippen LogP contribution in [-0.4, -0.2) is 75.2 Å². The minimum absolute atomic E-state index is 0.174. The second-order valence-corrected chi connectivity index (χ2v) is 9.49. The number of rotatable bonds is 6. The summed E-state index contributed by atoms with van der Waals surface area (Å²) in [6.07, 6.45) is 12.5. The average Bonchev–Trinajstić information content (AvgIpc) is 2.86. The first-order chi connectivity index (χ1) is 17.2. The van der Waals surface area contributed by atoms with Crippen LogP contribution in [0.5, 0.6) is 0 Å². The maximum Gasteiger partial charge on any atom is 0.214 e. The molecule has 0 aromatic heterocycles. The Kier molecular flexibility index (Phi) is 10.00. The smallest absolute Gasteiger partial charge is 0.214 e. The summed E-state index contributed by atoms with van der Waals surface area (Å²) in [6, 6.07) is -0.498. The molecular weight excluding hydrogens is 456 g/mol. The van der Waals surface area contributed by atoms with Crippen LogP contribution in [-0.2, 0) is 18.9 Å². The highest BCUT2D eigenvalue weighted by Gasteiger charge is 2.44. The number of hydrogen-bond acceptors (Lipinski definition) is 8. The maximum atomic E-state index is 5.72. The summed E-state index contributed by atoms with van der Waals surface area (Å²) in [5.74, 6) is 14.1. The van der Waals surface area contributed by atoms with E-state index in [1.54, 1.807) is 28.4 Å². The summed E-state index contributed by atoms with van der Waals surface area (Å²) in [5.41, 5.74) is -1.89. The van der Waals surface area contributed by atoms with Crippen molar-refractivity contribution in [1.82, 2.24) is 0 Å². The van der Waals surface area contributed by atoms with Crippen LogP contribution >= 0.6 is 0 Å². The highest BCUT2D eigenvalue weighted by molar-refractivity contribution is 5.98. The summed E-state index contributed by atoms with van der Waals surface area (Å²) in [4.78, 5) is 19.3. The number of terminal acetylenes is 2. The van der Waals surface area contributed by atoms with Crippen molar-refractivity contribution in [2.24, 2.45) is 31.8 Å². The summed E-state index contributed by atoms with van der Waals surface area (Å²) in [6.45, 7) is 8.19. The molecule has 0 N–H and O–H groups in total. The zero-order chi connectivity index (χ0) is 26.9. The Bertz CT molecular complexity index is 982. The van der Waals surface area contributed by atoms with Gasteiger partial charge in [-0.1, -0.05) is 27.7 Å². The third kappa shape index (κ3) is 5.85. The van der Waals surface area contributed by atoms with E-state index in [1.807, 2.05) is 27.7 Å². The van der Waals surface area contributed by atoms with E-state index in [4.69, 9.17) is 51.8 Å². The van der Waals surface area contributed by atoms with Crippen LogP contribution in [0.25, 0.3) is 0 Å². The highest BCUT2D eigenvalue weighted by atomic mass is 16.5. The molecule has 0 fully saturated rings. The molecule has 0 saturated heterocycles. The molecule has 4 atom stereocenters. The van der Waals surface area contributed by atoms with E-state index in [2.05, 4.69) is 23.7 Å². The first-order valence-corrected chi connectivity index (χ1v) is 12.0. The molecule has 0 saturated carbocycles. The van der Waals surface area contributed by atoms with Crippen molar-refractivity contribution in [2.45, 2.75) is 76.5 Å². The normalized spacial score (nSPS) is 27.3. The standard InChI is InChI=1S/C28H38N4O4/c1-11-15-27(25(35-9)29-21(19(3)4)23(31-27)33-7)17-13-14-18-28(16-12-2)26(36-10)30-22(20(5)6)24(32-28)34-8/h1-2,19-22H,15-18H2,3-10H3/t21-,22-,27-,28-/m1/s1. The third-order valence-electron chi connectivity index (χ3n) is 6.21. The monoisotopic (exact) mass is 494 g/mol. The molecular formula is C28H38N4O4. The lowest BCUT2D eigenvalue weighted by atomic mass is 9.87. The van der Waals surface area contributed by atoms with Gasteiger partial charge in [-0.15, -0.1) is 36.5 Å². The molecule has 2 heterocycles. The lowest BCUT2D eigenvalue weighted by molar-refractivity contribution is 0.305. The molecule has 0 amide bonds. The molecule has 0 aliphatic carbocycles. The fraction of sp³-hybridized carbons (Fsp3) is 0.643. The summed E-state index contributed by atoms with van der Waals surface area (Å²) in [5, 5.41) is 0. The quantitative estimate of drug-likeness (QED) is 0.529. The van der Waals surface area contributed by atoms with Crippen molar-refractivity contribution in [3.8, 4) is 36.5 Å². The van der Waals surface area contributed by atoms with Gasteiger partial charge in [-0.25, -0.2) is 20.0 Å². The summed E-state index contributed by atoms with van der Waals surface area (Å²) < 4.78 is 22.5. The molecule has 2 aliphatic rings. The Morgan fingerprint density at radius 1 is 0.667 bits per heavy atom. The molecule has 36 heavy (non-hydrogen) atoms. The molecule has 0 radical (unpaired) electrons. The van der Waals surface area contributed by atoms with Crippen LogP contribution in [0.2, 0.25) is 0 Å². The Labute approximate surface area is 216 Å². The fourth-order valence-corrected chi connectivity index (χ4v) is 4.28. The number of ether oxygens (including phenoxy) is 4. The van der Waals surface area contributed by atoms with Gasteiger partial charge in [0.15, 0.2) is 11.1 Å². The van der Waals surface area contributed by atoms with Gasteiger partial charge >= 0.3 is 0 Å². The zero-order valence-electron chi connectivity index (χ0n) is 22.7. The molecule has 194 valence electrons. The second-order valence-electron chi connectivity index (χ2n) is 9.49. The SMILES string of the molecule is C#CC[C@]1(CC#CC[C@@]2(CC#C)N=C(OC)[C@@H](C(C)C)N=C2OC)N=C(OC)[C@@H](C(C)C)N=C1OC. The van der Waals surface area contributed by atoms with Crippen LogP contribution in [0.4, 0.5) is 0 Å². The topological polar surface area (TPSA) is 86.4 Å². The first-order valence-electron chi connectivity index (χ1n) is 12.0. The largest absolute Gasteiger partial charge is 0.483 e. The van der Waals surface area contributed by atoms with Crippen LogP contribution < -0.4 is 0 Å². The predicted molar refractivity (Wildman–Crippen MR) is 144 cm³/mol. The third-order valence-corrected chi connectivity index (χ3v) is 6.21. The van der Waals surface area contributed by atoms with Crippen molar-refractivity contribution < 1.29 is 18.9 Å². The Morgan fingerprint density at radius 3 is 1.28 bits per heavy atom. The van der Waals surface area contributed by atoms with Gasteiger partial charge in [0.1, 0.15) is 12.1 Å². The first kappa shape index (κ1) is 28.8. The average molecular weight is 495 g/mol. The summed E-state index contributed by atoms with van der Waals surface area (Å²) in [7, 11) is 6.31. The predicted octanol–water partition coefficient (Wildman–Crippen LogP) is 3.55. The van der Waals surface area contributed by atoms with E-state index in [0.717, 1.165) is 0 Å². The molecule has 0 aromatic rings. The second kappa shape index (κ2) is 12.5. The van der Waals surface area contributed by atoms with Gasteiger partial charge < -0.3 is 18.9 Å². The van der Waals surface area contributed by atoms with E-state index in [0.29, 0.717) is 23.6 Å². The fourth-order valence-electron chi connectivity index (χ4n) is 4.28. The van der Waals surface area contributed by atoms with Crippen LogP contribution in [0, 0.1) is 48.4 Å². The van der Waals surface area contributed by atoms with Gasteiger partial charge in [-0.3, -0.25) is 0 Å². The molecule has 0 spiro atoms. The maximum absolute atomic E-state index is 5.72. The summed E-state index contributed by atoms with van der Waals surface area (Å²) >= 11 is 0. The van der Waals surface area contributed by atoms with Crippen molar-refractivity contribution in [1.29, 1.82) is 0 Å². The van der Waals surface area contributed by atoms with Crippen molar-refractivity contribution in [3.05, 3.63) is 0 Å². The van der Waals surface area contributed by atoms with Crippen LogP contribution in [0.3, 0.4) is 0 Å². The molecule has 8 nitrogen and oxygen atoms in total. The van der Waals surface area contributed by atoms with E-state index in [-0.39, 0.29) is 49.6 Å². The lowest BCUT2D eigenvalue weighted by Gasteiger charge is -2.34. The minimum Gasteiger partial charge on any atom is -0.483 e. The zero-order valence-corrected chi connectivity index (χ0v) is 22.7. The Balaban J connectivity index is 2.45. The molecule has 0 aromatic carbocycles. The van der Waals surface area contributed by atoms with E-state index in [9.17, 15) is 0 Å². The van der Waals surface area contributed by atoms with Crippen LogP contribution in [0.1, 0.15) is 53.4 Å². The number of methoxy groups -OCH3 is 4. The number of hydrogen-bond donors (Lipinski definition) is 0. The van der Waals surface area contributed by atoms with Gasteiger partial charge in [0.25, 0.3) is 0 Å². The molecule has 0 unspecified atom stereocenters. The number of nitrogens with zero attached hydrogens (tertiary/aromatic N) is 4. The minimum atomic E-state index is -0.944. The van der Waals surface area contributed by atoms with Crippen molar-refractivity contribution in [2.75, 3.05) is 28.4 Å².